The van der Waals surface area contributed by atoms with E-state index in [4.69, 9.17) is 0 Å². The Morgan fingerprint density at radius 1 is 1.18 bits per heavy atom. The number of nitrogens with zero attached hydrogens (tertiary/aromatic N) is 6. The van der Waals surface area contributed by atoms with Gasteiger partial charge in [-0.2, -0.15) is 0 Å². The molecule has 0 radical (unpaired) electrons. The normalized spacial score (nSPS) is 19.5. The quantitative estimate of drug-likeness (QED) is 0.778. The minimum atomic E-state index is -0.101. The molecule has 0 spiro atoms. The lowest BCUT2D eigenvalue weighted by Crippen LogP contribution is -2.49. The van der Waals surface area contributed by atoms with Gasteiger partial charge in [0.2, 0.25) is 0 Å². The first-order valence-electron chi connectivity index (χ1n) is 8.20. The Balaban J connectivity index is 2.19. The zero-order chi connectivity index (χ0) is 16.3. The van der Waals surface area contributed by atoms with Gasteiger partial charge in [0.05, 0.1) is 11.6 Å². The summed E-state index contributed by atoms with van der Waals surface area (Å²) in [5.74, 6) is 1.46. The Hall–Kier alpha value is -1.27. The summed E-state index contributed by atoms with van der Waals surface area (Å²) in [6, 6.07) is 0.264. The van der Waals surface area contributed by atoms with Crippen LogP contribution in [0.15, 0.2) is 12.7 Å². The molecule has 0 aromatic carbocycles. The van der Waals surface area contributed by atoms with Gasteiger partial charge in [0.1, 0.15) is 0 Å². The molecule has 0 amide bonds. The second kappa shape index (κ2) is 6.87. The molecule has 1 aromatic rings. The number of piperazine rings is 1. The lowest BCUT2D eigenvalue weighted by molar-refractivity contribution is 0.0721. The van der Waals surface area contributed by atoms with E-state index in [2.05, 4.69) is 66.5 Å². The molecule has 1 atom stereocenters. The molecule has 6 nitrogen and oxygen atoms in total. The summed E-state index contributed by atoms with van der Waals surface area (Å²) in [5, 5.41) is 12.5. The maximum absolute atomic E-state index is 4.37. The summed E-state index contributed by atoms with van der Waals surface area (Å²) >= 11 is 0. The third-order valence-corrected chi connectivity index (χ3v) is 4.21. The van der Waals surface area contributed by atoms with Gasteiger partial charge in [-0.1, -0.05) is 19.9 Å². The molecule has 0 N–H and O–H groups in total. The predicted molar refractivity (Wildman–Crippen MR) is 88.6 cm³/mol. The van der Waals surface area contributed by atoms with Crippen LogP contribution in [0.5, 0.6) is 0 Å². The van der Waals surface area contributed by atoms with Crippen molar-refractivity contribution in [3.05, 3.63) is 18.5 Å². The van der Waals surface area contributed by atoms with E-state index in [1.807, 2.05) is 10.8 Å². The second-order valence-corrected chi connectivity index (χ2v) is 7.43. The van der Waals surface area contributed by atoms with Gasteiger partial charge in [-0.3, -0.25) is 9.80 Å². The Morgan fingerprint density at radius 2 is 1.82 bits per heavy atom. The molecule has 0 bridgehead atoms. The minimum absolute atomic E-state index is 0.101. The number of rotatable bonds is 5. The van der Waals surface area contributed by atoms with Crippen molar-refractivity contribution in [1.29, 1.82) is 0 Å². The maximum atomic E-state index is 4.37. The first kappa shape index (κ1) is 17.1. The van der Waals surface area contributed by atoms with E-state index in [-0.39, 0.29) is 11.6 Å². The zero-order valence-corrected chi connectivity index (χ0v) is 14.7. The third-order valence-electron chi connectivity index (χ3n) is 4.21. The van der Waals surface area contributed by atoms with Crippen LogP contribution >= 0.6 is 0 Å². The summed E-state index contributed by atoms with van der Waals surface area (Å²) < 4.78 is 1.98. The lowest BCUT2D eigenvalue weighted by Gasteiger charge is -2.40. The Labute approximate surface area is 134 Å². The van der Waals surface area contributed by atoms with Crippen molar-refractivity contribution in [2.24, 2.45) is 5.92 Å². The van der Waals surface area contributed by atoms with E-state index in [0.29, 0.717) is 5.92 Å². The van der Waals surface area contributed by atoms with Crippen LogP contribution in [-0.4, -0.2) is 62.7 Å². The van der Waals surface area contributed by atoms with Crippen LogP contribution in [0.25, 0.3) is 0 Å². The highest BCUT2D eigenvalue weighted by Gasteiger charge is 2.33. The number of hydrogen-bond acceptors (Lipinski definition) is 5. The van der Waals surface area contributed by atoms with Crippen LogP contribution in [0.2, 0.25) is 0 Å². The molecule has 2 heterocycles. The first-order chi connectivity index (χ1) is 10.3. The average molecular weight is 306 g/mol. The lowest BCUT2D eigenvalue weighted by atomic mass is 9.99. The molecule has 1 aliphatic heterocycles. The van der Waals surface area contributed by atoms with Gasteiger partial charge in [0, 0.05) is 32.7 Å². The van der Waals surface area contributed by atoms with Gasteiger partial charge in [-0.25, -0.2) is 4.68 Å². The summed E-state index contributed by atoms with van der Waals surface area (Å²) in [7, 11) is 0. The van der Waals surface area contributed by atoms with E-state index in [1.54, 1.807) is 0 Å². The molecule has 124 valence electrons. The van der Waals surface area contributed by atoms with Crippen LogP contribution in [0, 0.1) is 5.92 Å². The molecular weight excluding hydrogens is 276 g/mol. The van der Waals surface area contributed by atoms with Crippen molar-refractivity contribution < 1.29 is 0 Å². The van der Waals surface area contributed by atoms with Gasteiger partial charge in [-0.15, -0.1) is 11.7 Å². The molecule has 0 saturated carbocycles. The summed E-state index contributed by atoms with van der Waals surface area (Å²) in [5.41, 5.74) is -0.101. The molecule has 22 heavy (non-hydrogen) atoms. The number of aromatic nitrogens is 4. The first-order valence-corrected chi connectivity index (χ1v) is 8.20. The maximum Gasteiger partial charge on any atom is 0.169 e. The Kier molecular flexibility index (Phi) is 5.34. The molecule has 1 unspecified atom stereocenters. The second-order valence-electron chi connectivity index (χ2n) is 7.43. The SMILES string of the molecule is C=CCN1CCN(C(c2nnnn2C(C)(C)C)C(C)C)CC1. The molecular formula is C16H30N6. The molecule has 1 saturated heterocycles. The van der Waals surface area contributed by atoms with E-state index in [0.717, 1.165) is 38.5 Å². The summed E-state index contributed by atoms with van der Waals surface area (Å²) in [4.78, 5) is 4.96. The fourth-order valence-electron chi connectivity index (χ4n) is 3.15. The smallest absolute Gasteiger partial charge is 0.169 e. The molecule has 0 aliphatic carbocycles. The standard InChI is InChI=1S/C16H30N6/c1-7-8-20-9-11-21(12-10-20)14(13(2)3)15-17-18-19-22(15)16(4,5)6/h7,13-14H,1,8-12H2,2-6H3. The van der Waals surface area contributed by atoms with Crippen molar-refractivity contribution >= 4 is 0 Å². The van der Waals surface area contributed by atoms with E-state index < -0.39 is 0 Å². The summed E-state index contributed by atoms with van der Waals surface area (Å²) in [6.45, 7) is 20.0. The summed E-state index contributed by atoms with van der Waals surface area (Å²) in [6.07, 6.45) is 1.98. The predicted octanol–water partition coefficient (Wildman–Crippen LogP) is 1.93. The van der Waals surface area contributed by atoms with E-state index in [1.165, 1.54) is 0 Å². The van der Waals surface area contributed by atoms with E-state index in [9.17, 15) is 0 Å². The largest absolute Gasteiger partial charge is 0.297 e. The molecule has 2 rings (SSSR count). The van der Waals surface area contributed by atoms with Crippen molar-refractivity contribution in [2.75, 3.05) is 32.7 Å². The van der Waals surface area contributed by atoms with Gasteiger partial charge >= 0.3 is 0 Å². The van der Waals surface area contributed by atoms with E-state index >= 15 is 0 Å². The highest BCUT2D eigenvalue weighted by molar-refractivity contribution is 4.99. The fraction of sp³-hybridized carbons (Fsp3) is 0.812. The molecule has 1 aromatic heterocycles. The Bertz CT molecular complexity index is 479. The van der Waals surface area contributed by atoms with Crippen molar-refractivity contribution in [3.63, 3.8) is 0 Å². The number of tetrazole rings is 1. The fourth-order valence-corrected chi connectivity index (χ4v) is 3.15. The number of hydrogen-bond donors (Lipinski definition) is 0. The van der Waals surface area contributed by atoms with Crippen molar-refractivity contribution in [3.8, 4) is 0 Å². The van der Waals surface area contributed by atoms with Crippen LogP contribution in [0.4, 0.5) is 0 Å². The van der Waals surface area contributed by atoms with Gasteiger partial charge in [0.15, 0.2) is 5.82 Å². The highest BCUT2D eigenvalue weighted by atomic mass is 15.6. The van der Waals surface area contributed by atoms with Crippen LogP contribution in [-0.2, 0) is 5.54 Å². The van der Waals surface area contributed by atoms with Crippen LogP contribution < -0.4 is 0 Å². The molecule has 6 heteroatoms. The van der Waals surface area contributed by atoms with Gasteiger partial charge < -0.3 is 0 Å². The highest BCUT2D eigenvalue weighted by Crippen LogP contribution is 2.30. The average Bonchev–Trinajstić information content (AvgIpc) is 2.90. The monoisotopic (exact) mass is 306 g/mol. The van der Waals surface area contributed by atoms with Gasteiger partial charge in [0.25, 0.3) is 0 Å². The van der Waals surface area contributed by atoms with Crippen LogP contribution in [0.3, 0.4) is 0 Å². The topological polar surface area (TPSA) is 50.1 Å². The van der Waals surface area contributed by atoms with Crippen molar-refractivity contribution in [1.82, 2.24) is 30.0 Å². The molecule has 1 fully saturated rings. The molecule has 1 aliphatic rings. The van der Waals surface area contributed by atoms with Crippen LogP contribution in [0.1, 0.15) is 46.5 Å². The van der Waals surface area contributed by atoms with Crippen molar-refractivity contribution in [2.45, 2.75) is 46.2 Å². The Morgan fingerprint density at radius 3 is 2.32 bits per heavy atom. The third kappa shape index (κ3) is 3.73. The van der Waals surface area contributed by atoms with Gasteiger partial charge in [-0.05, 0) is 37.1 Å². The zero-order valence-electron chi connectivity index (χ0n) is 14.7. The minimum Gasteiger partial charge on any atom is -0.297 e.